The maximum Gasteiger partial charge on any atom is 0.340 e. The fraction of sp³-hybridized carbons (Fsp3) is 0.214. The number of rotatable bonds is 7. The third kappa shape index (κ3) is 5.33. The maximum absolute atomic E-state index is 11.6. The molecule has 0 aliphatic heterocycles. The van der Waals surface area contributed by atoms with E-state index >= 15 is 0 Å². The Morgan fingerprint density at radius 1 is 1.57 bits per heavy atom. The standard InChI is InChI=1S/C14H14BrN3O3/c1-3-7-21-13-6-5-10(8-11(13)15)9-12(17-18-16)14(19)20-4-2/h3,5-6,8-9H,1,4,7H2,2H3/b12-9-. The monoisotopic (exact) mass is 351 g/mol. The molecule has 0 aliphatic carbocycles. The summed E-state index contributed by atoms with van der Waals surface area (Å²) in [5.74, 6) is -0.0214. The molecule has 0 aliphatic rings. The molecule has 0 atom stereocenters. The van der Waals surface area contributed by atoms with E-state index < -0.39 is 5.97 Å². The zero-order chi connectivity index (χ0) is 15.7. The zero-order valence-corrected chi connectivity index (χ0v) is 13.0. The molecule has 21 heavy (non-hydrogen) atoms. The zero-order valence-electron chi connectivity index (χ0n) is 11.5. The van der Waals surface area contributed by atoms with Crippen molar-refractivity contribution in [3.8, 4) is 5.75 Å². The average Bonchev–Trinajstić information content (AvgIpc) is 2.46. The molecular weight excluding hydrogens is 338 g/mol. The van der Waals surface area contributed by atoms with Gasteiger partial charge in [0.1, 0.15) is 18.1 Å². The van der Waals surface area contributed by atoms with Crippen molar-refractivity contribution < 1.29 is 14.3 Å². The van der Waals surface area contributed by atoms with E-state index in [4.69, 9.17) is 15.0 Å². The van der Waals surface area contributed by atoms with Crippen LogP contribution in [0.15, 0.2) is 46.1 Å². The average molecular weight is 352 g/mol. The van der Waals surface area contributed by atoms with Crippen LogP contribution in [-0.4, -0.2) is 19.2 Å². The molecule has 1 aromatic rings. The second kappa shape index (κ2) is 8.84. The highest BCUT2D eigenvalue weighted by Crippen LogP contribution is 2.27. The van der Waals surface area contributed by atoms with Gasteiger partial charge in [-0.05, 0) is 52.2 Å². The third-order valence-corrected chi connectivity index (χ3v) is 2.87. The van der Waals surface area contributed by atoms with Crippen molar-refractivity contribution in [3.05, 3.63) is 57.0 Å². The van der Waals surface area contributed by atoms with Gasteiger partial charge in [-0.3, -0.25) is 0 Å². The Morgan fingerprint density at radius 3 is 2.90 bits per heavy atom. The highest BCUT2D eigenvalue weighted by atomic mass is 79.9. The quantitative estimate of drug-likeness (QED) is 0.184. The molecular formula is C14H14BrN3O3. The Hall–Kier alpha value is -2.24. The predicted molar refractivity (Wildman–Crippen MR) is 83.6 cm³/mol. The number of carbonyl (C=O) groups excluding carboxylic acids is 1. The number of benzene rings is 1. The van der Waals surface area contributed by atoms with Gasteiger partial charge in [0, 0.05) is 4.91 Å². The molecule has 110 valence electrons. The molecule has 7 heteroatoms. The van der Waals surface area contributed by atoms with E-state index in [2.05, 4.69) is 32.5 Å². The van der Waals surface area contributed by atoms with Crippen molar-refractivity contribution in [2.24, 2.45) is 5.11 Å². The number of hydrogen-bond acceptors (Lipinski definition) is 4. The van der Waals surface area contributed by atoms with Crippen molar-refractivity contribution in [2.45, 2.75) is 6.92 Å². The van der Waals surface area contributed by atoms with E-state index in [1.54, 1.807) is 31.2 Å². The summed E-state index contributed by atoms with van der Waals surface area (Å²) in [5.41, 5.74) is 9.06. The normalized spacial score (nSPS) is 10.5. The Kier molecular flexibility index (Phi) is 7.08. The van der Waals surface area contributed by atoms with E-state index in [1.165, 1.54) is 6.08 Å². The first-order valence-electron chi connectivity index (χ1n) is 6.09. The molecule has 1 rings (SSSR count). The lowest BCUT2D eigenvalue weighted by atomic mass is 10.2. The predicted octanol–water partition coefficient (Wildman–Crippen LogP) is 4.23. The molecule has 0 radical (unpaired) electrons. The van der Waals surface area contributed by atoms with Crippen LogP contribution in [0, 0.1) is 0 Å². The van der Waals surface area contributed by atoms with E-state index in [0.717, 1.165) is 0 Å². The van der Waals surface area contributed by atoms with Crippen LogP contribution >= 0.6 is 15.9 Å². The number of nitrogens with zero attached hydrogens (tertiary/aromatic N) is 3. The third-order valence-electron chi connectivity index (χ3n) is 2.25. The van der Waals surface area contributed by atoms with E-state index in [9.17, 15) is 4.79 Å². The summed E-state index contributed by atoms with van der Waals surface area (Å²) >= 11 is 3.37. The summed E-state index contributed by atoms with van der Waals surface area (Å²) in [4.78, 5) is 14.3. The van der Waals surface area contributed by atoms with Crippen molar-refractivity contribution in [1.29, 1.82) is 0 Å². The number of ether oxygens (including phenoxy) is 2. The first-order valence-corrected chi connectivity index (χ1v) is 6.88. The summed E-state index contributed by atoms with van der Waals surface area (Å²) in [6.45, 7) is 5.84. The maximum atomic E-state index is 11.6. The molecule has 0 heterocycles. The first-order chi connectivity index (χ1) is 10.1. The summed E-state index contributed by atoms with van der Waals surface area (Å²) in [6.07, 6.45) is 3.08. The summed E-state index contributed by atoms with van der Waals surface area (Å²) in [5, 5.41) is 3.35. The SMILES string of the molecule is C=CCOc1ccc(/C=C(\N=[N+]=[N-])C(=O)OCC)cc1Br. The minimum Gasteiger partial charge on any atom is -0.488 e. The van der Waals surface area contributed by atoms with Crippen LogP contribution in [0.5, 0.6) is 5.75 Å². The fourth-order valence-corrected chi connectivity index (χ4v) is 1.92. The van der Waals surface area contributed by atoms with Crippen LogP contribution in [0.1, 0.15) is 12.5 Å². The van der Waals surface area contributed by atoms with Crippen LogP contribution in [0.3, 0.4) is 0 Å². The molecule has 0 unspecified atom stereocenters. The van der Waals surface area contributed by atoms with Gasteiger partial charge < -0.3 is 9.47 Å². The van der Waals surface area contributed by atoms with Gasteiger partial charge in [-0.15, -0.1) is 0 Å². The Labute approximate surface area is 130 Å². The lowest BCUT2D eigenvalue weighted by Crippen LogP contribution is -2.05. The van der Waals surface area contributed by atoms with Gasteiger partial charge in [-0.2, -0.15) is 0 Å². The van der Waals surface area contributed by atoms with Gasteiger partial charge in [-0.1, -0.05) is 23.8 Å². The molecule has 0 fully saturated rings. The van der Waals surface area contributed by atoms with Crippen LogP contribution in [0.4, 0.5) is 0 Å². The van der Waals surface area contributed by atoms with Gasteiger partial charge >= 0.3 is 5.97 Å². The highest BCUT2D eigenvalue weighted by molar-refractivity contribution is 9.10. The van der Waals surface area contributed by atoms with Crippen LogP contribution < -0.4 is 4.74 Å². The van der Waals surface area contributed by atoms with Gasteiger partial charge in [0.15, 0.2) is 0 Å². The minimum atomic E-state index is -0.668. The number of hydrogen-bond donors (Lipinski definition) is 0. The molecule has 0 N–H and O–H groups in total. The van der Waals surface area contributed by atoms with Crippen LogP contribution in [-0.2, 0) is 9.53 Å². The van der Waals surface area contributed by atoms with E-state index in [0.29, 0.717) is 22.4 Å². The number of carbonyl (C=O) groups is 1. The number of azide groups is 1. The van der Waals surface area contributed by atoms with Crippen LogP contribution in [0.25, 0.3) is 16.5 Å². The van der Waals surface area contributed by atoms with Crippen molar-refractivity contribution in [3.63, 3.8) is 0 Å². The van der Waals surface area contributed by atoms with Gasteiger partial charge in [0.25, 0.3) is 0 Å². The second-order valence-electron chi connectivity index (χ2n) is 3.73. The fourth-order valence-electron chi connectivity index (χ4n) is 1.41. The molecule has 0 amide bonds. The summed E-state index contributed by atoms with van der Waals surface area (Å²) < 4.78 is 10.9. The van der Waals surface area contributed by atoms with Crippen molar-refractivity contribution in [2.75, 3.05) is 13.2 Å². The second-order valence-corrected chi connectivity index (χ2v) is 4.58. The Bertz CT molecular complexity index is 607. The molecule has 6 nitrogen and oxygen atoms in total. The van der Waals surface area contributed by atoms with Crippen LogP contribution in [0.2, 0.25) is 0 Å². The molecule has 1 aromatic carbocycles. The topological polar surface area (TPSA) is 84.3 Å². The minimum absolute atomic E-state index is 0.106. The lowest BCUT2D eigenvalue weighted by molar-refractivity contribution is -0.138. The highest BCUT2D eigenvalue weighted by Gasteiger charge is 2.09. The summed E-state index contributed by atoms with van der Waals surface area (Å²) in [6, 6.07) is 5.21. The molecule has 0 spiro atoms. The Morgan fingerprint density at radius 2 is 2.33 bits per heavy atom. The van der Waals surface area contributed by atoms with E-state index in [-0.39, 0.29) is 12.3 Å². The van der Waals surface area contributed by atoms with Crippen molar-refractivity contribution in [1.82, 2.24) is 0 Å². The molecule has 0 saturated heterocycles. The first kappa shape index (κ1) is 16.8. The van der Waals surface area contributed by atoms with Gasteiger partial charge in [-0.25, -0.2) is 4.79 Å². The molecule has 0 saturated carbocycles. The lowest BCUT2D eigenvalue weighted by Gasteiger charge is -2.07. The van der Waals surface area contributed by atoms with Gasteiger partial charge in [0.05, 0.1) is 11.1 Å². The van der Waals surface area contributed by atoms with Gasteiger partial charge in [0.2, 0.25) is 0 Å². The van der Waals surface area contributed by atoms with E-state index in [1.807, 2.05) is 0 Å². The van der Waals surface area contributed by atoms with Crippen molar-refractivity contribution >= 4 is 28.0 Å². The summed E-state index contributed by atoms with van der Waals surface area (Å²) in [7, 11) is 0. The number of esters is 1. The number of halogens is 1. The Balaban J connectivity index is 3.05. The largest absolute Gasteiger partial charge is 0.488 e. The smallest absolute Gasteiger partial charge is 0.340 e. The molecule has 0 bridgehead atoms. The molecule has 0 aromatic heterocycles.